The minimum Gasteiger partial charge on any atom is -0.493 e. The number of benzene rings is 3. The van der Waals surface area contributed by atoms with E-state index in [0.717, 1.165) is 6.07 Å². The van der Waals surface area contributed by atoms with Crippen LogP contribution >= 0.6 is 15.9 Å². The third-order valence-corrected chi connectivity index (χ3v) is 5.37. The van der Waals surface area contributed by atoms with Gasteiger partial charge in [-0.25, -0.2) is 4.39 Å². The number of methoxy groups -OCH3 is 1. The van der Waals surface area contributed by atoms with E-state index in [1.54, 1.807) is 0 Å². The van der Waals surface area contributed by atoms with E-state index in [0.29, 0.717) is 27.9 Å². The van der Waals surface area contributed by atoms with Crippen molar-refractivity contribution in [3.63, 3.8) is 0 Å². The number of amides is 1. The number of hydrogen-bond acceptors (Lipinski definition) is 7. The summed E-state index contributed by atoms with van der Waals surface area (Å²) in [6.45, 7) is -0.382. The van der Waals surface area contributed by atoms with Crippen LogP contribution in [0.15, 0.2) is 64.2 Å². The molecule has 9 nitrogen and oxygen atoms in total. The first kappa shape index (κ1) is 27.4. The fourth-order valence-electron chi connectivity index (χ4n) is 2.92. The summed E-state index contributed by atoms with van der Waals surface area (Å²) in [5, 5.41) is 17.6. The van der Waals surface area contributed by atoms with Crippen LogP contribution < -0.4 is 20.2 Å². The number of nitro benzene ring substituents is 1. The van der Waals surface area contributed by atoms with Crippen molar-refractivity contribution in [3.8, 4) is 11.5 Å². The highest BCUT2D eigenvalue weighted by molar-refractivity contribution is 9.10. The molecular weight excluding hydrogens is 568 g/mol. The molecule has 0 saturated heterocycles. The lowest BCUT2D eigenvalue weighted by molar-refractivity contribution is -0.384. The molecule has 0 unspecified atom stereocenters. The molecule has 3 aromatic carbocycles. The highest BCUT2D eigenvalue weighted by atomic mass is 79.9. The highest BCUT2D eigenvalue weighted by Crippen LogP contribution is 2.35. The fraction of sp³-hybridized carbons (Fsp3) is 0.130. The Bertz CT molecular complexity index is 1330. The van der Waals surface area contributed by atoms with Gasteiger partial charge in [0.25, 0.3) is 11.6 Å². The Morgan fingerprint density at radius 3 is 2.46 bits per heavy atom. The molecule has 0 aromatic heterocycles. The van der Waals surface area contributed by atoms with Gasteiger partial charge in [-0.2, -0.15) is 18.3 Å². The molecule has 0 saturated carbocycles. The van der Waals surface area contributed by atoms with E-state index >= 15 is 0 Å². The number of anilines is 2. The Morgan fingerprint density at radius 2 is 1.84 bits per heavy atom. The number of rotatable bonds is 9. The van der Waals surface area contributed by atoms with Crippen molar-refractivity contribution in [2.75, 3.05) is 24.5 Å². The van der Waals surface area contributed by atoms with Gasteiger partial charge in [0, 0.05) is 21.8 Å². The van der Waals surface area contributed by atoms with E-state index in [-0.39, 0.29) is 23.8 Å². The first-order valence-electron chi connectivity index (χ1n) is 10.2. The zero-order valence-electron chi connectivity index (χ0n) is 18.8. The maximum atomic E-state index is 13.0. The van der Waals surface area contributed by atoms with Crippen LogP contribution in [0.4, 0.5) is 34.6 Å². The van der Waals surface area contributed by atoms with Crippen molar-refractivity contribution < 1.29 is 36.8 Å². The number of alkyl halides is 3. The zero-order valence-corrected chi connectivity index (χ0v) is 20.4. The Kier molecular flexibility index (Phi) is 8.65. The second-order valence-corrected chi connectivity index (χ2v) is 8.08. The van der Waals surface area contributed by atoms with Gasteiger partial charge < -0.3 is 14.8 Å². The van der Waals surface area contributed by atoms with Gasteiger partial charge in [0.15, 0.2) is 18.1 Å². The van der Waals surface area contributed by atoms with Crippen LogP contribution in [-0.2, 0) is 11.0 Å². The molecule has 0 aliphatic carbocycles. The number of hydrazone groups is 1. The smallest absolute Gasteiger partial charge is 0.416 e. The Morgan fingerprint density at radius 1 is 1.14 bits per heavy atom. The van der Waals surface area contributed by atoms with Gasteiger partial charge in [0.05, 0.1) is 23.8 Å². The number of hydrogen-bond donors (Lipinski definition) is 2. The molecule has 0 spiro atoms. The highest BCUT2D eigenvalue weighted by Gasteiger charge is 2.33. The van der Waals surface area contributed by atoms with Crippen LogP contribution in [0, 0.1) is 15.9 Å². The molecule has 0 aliphatic heterocycles. The summed E-state index contributed by atoms with van der Waals surface area (Å²) in [7, 11) is 1.36. The molecule has 1 amide bonds. The fourth-order valence-corrected chi connectivity index (χ4v) is 3.35. The van der Waals surface area contributed by atoms with E-state index in [1.807, 2.05) is 0 Å². The second kappa shape index (κ2) is 11.7. The maximum absolute atomic E-state index is 13.0. The summed E-state index contributed by atoms with van der Waals surface area (Å²) in [6.07, 6.45) is -3.49. The largest absolute Gasteiger partial charge is 0.493 e. The van der Waals surface area contributed by atoms with Crippen LogP contribution in [0.2, 0.25) is 0 Å². The van der Waals surface area contributed by atoms with Crippen LogP contribution in [0.5, 0.6) is 11.5 Å². The number of carbonyl (C=O) groups excluding carboxylic acids is 1. The lowest BCUT2D eigenvalue weighted by atomic mass is 10.1. The van der Waals surface area contributed by atoms with Crippen molar-refractivity contribution in [3.05, 3.63) is 86.1 Å². The topological polar surface area (TPSA) is 115 Å². The zero-order chi connectivity index (χ0) is 27.2. The normalized spacial score (nSPS) is 11.3. The second-order valence-electron chi connectivity index (χ2n) is 7.23. The Labute approximate surface area is 215 Å². The molecule has 194 valence electrons. The molecule has 0 radical (unpaired) electrons. The number of nitrogens with zero attached hydrogens (tertiary/aromatic N) is 2. The van der Waals surface area contributed by atoms with Crippen molar-refractivity contribution in [1.29, 1.82) is 0 Å². The van der Waals surface area contributed by atoms with Gasteiger partial charge >= 0.3 is 6.18 Å². The van der Waals surface area contributed by atoms with E-state index in [1.165, 1.54) is 49.7 Å². The summed E-state index contributed by atoms with van der Waals surface area (Å²) in [6, 6.07) is 10.2. The van der Waals surface area contributed by atoms with Crippen LogP contribution in [0.25, 0.3) is 0 Å². The number of ether oxygens (including phenoxy) is 2. The van der Waals surface area contributed by atoms with Gasteiger partial charge in [0.2, 0.25) is 0 Å². The van der Waals surface area contributed by atoms with Crippen LogP contribution in [0.1, 0.15) is 11.1 Å². The van der Waals surface area contributed by atoms with Crippen molar-refractivity contribution in [2.24, 2.45) is 5.10 Å². The molecule has 0 bridgehead atoms. The van der Waals surface area contributed by atoms with Crippen molar-refractivity contribution in [1.82, 2.24) is 0 Å². The lowest BCUT2D eigenvalue weighted by Crippen LogP contribution is -2.20. The number of halogens is 5. The Hall–Kier alpha value is -4.20. The van der Waals surface area contributed by atoms with E-state index in [2.05, 4.69) is 31.8 Å². The number of nitrogens with one attached hydrogen (secondary N) is 2. The minimum atomic E-state index is -4.74. The third kappa shape index (κ3) is 7.39. The maximum Gasteiger partial charge on any atom is 0.416 e. The predicted molar refractivity (Wildman–Crippen MR) is 131 cm³/mol. The van der Waals surface area contributed by atoms with Crippen LogP contribution in [0.3, 0.4) is 0 Å². The molecule has 37 heavy (non-hydrogen) atoms. The third-order valence-electron chi connectivity index (χ3n) is 4.68. The standard InChI is InChI=1S/C23H17BrF4N4O5/c1-36-20-8-13(11-29-31-18-7-2-14(23(26,27)28)9-19(18)32(34)35)17(24)10-21(20)37-12-22(33)30-16-5-3-15(25)4-6-16/h2-11,31H,12H2,1H3,(H,30,33)/b29-11-. The molecule has 14 heteroatoms. The van der Waals surface area contributed by atoms with Gasteiger partial charge in [-0.3, -0.25) is 20.3 Å². The molecule has 3 aromatic rings. The summed E-state index contributed by atoms with van der Waals surface area (Å²) >= 11 is 3.31. The SMILES string of the molecule is COc1cc(/C=N\Nc2ccc(C(F)(F)F)cc2[N+](=O)[O-])c(Br)cc1OCC(=O)Nc1ccc(F)cc1. The summed E-state index contributed by atoms with van der Waals surface area (Å²) in [5.74, 6) is -0.523. The van der Waals surface area contributed by atoms with Crippen molar-refractivity contribution >= 4 is 45.1 Å². The molecule has 3 rings (SSSR count). The lowest BCUT2D eigenvalue weighted by Gasteiger charge is -2.13. The average Bonchev–Trinajstić information content (AvgIpc) is 2.84. The van der Waals surface area contributed by atoms with Crippen LogP contribution in [-0.4, -0.2) is 30.8 Å². The van der Waals surface area contributed by atoms with E-state index in [9.17, 15) is 32.5 Å². The molecule has 0 atom stereocenters. The summed E-state index contributed by atoms with van der Waals surface area (Å²) in [4.78, 5) is 22.4. The molecule has 0 heterocycles. The van der Waals surface area contributed by atoms with E-state index < -0.39 is 34.1 Å². The average molecular weight is 585 g/mol. The molecular formula is C23H17BrF4N4O5. The van der Waals surface area contributed by atoms with Gasteiger partial charge in [-0.15, -0.1) is 0 Å². The predicted octanol–water partition coefficient (Wildman–Crippen LogP) is 5.99. The quantitative estimate of drug-likeness (QED) is 0.138. The summed E-state index contributed by atoms with van der Waals surface area (Å²) in [5.41, 5.74) is 0.953. The number of nitro groups is 1. The van der Waals surface area contributed by atoms with Gasteiger partial charge in [-0.1, -0.05) is 0 Å². The monoisotopic (exact) mass is 584 g/mol. The first-order chi connectivity index (χ1) is 17.5. The van der Waals surface area contributed by atoms with Gasteiger partial charge in [0.1, 0.15) is 11.5 Å². The number of carbonyl (C=O) groups is 1. The molecule has 0 fully saturated rings. The van der Waals surface area contributed by atoms with Gasteiger partial charge in [-0.05, 0) is 64.5 Å². The minimum absolute atomic E-state index is 0.201. The Balaban J connectivity index is 1.70. The molecule has 0 aliphatic rings. The van der Waals surface area contributed by atoms with Crippen molar-refractivity contribution in [2.45, 2.75) is 6.18 Å². The first-order valence-corrected chi connectivity index (χ1v) is 11.0. The van der Waals surface area contributed by atoms with E-state index in [4.69, 9.17) is 9.47 Å². The molecule has 2 N–H and O–H groups in total. The summed E-state index contributed by atoms with van der Waals surface area (Å²) < 4.78 is 62.8.